The number of hydrogen-bond acceptors (Lipinski definition) is 2. The number of nitrogens with zero attached hydrogens (tertiary/aromatic N) is 2. The van der Waals surface area contributed by atoms with Gasteiger partial charge in [0.05, 0.1) is 1.37 Å². The summed E-state index contributed by atoms with van der Waals surface area (Å²) in [6.45, 7) is 10.3. The van der Waals surface area contributed by atoms with Gasteiger partial charge in [0.15, 0.2) is 0 Å². The third-order valence-corrected chi connectivity index (χ3v) is 3.77. The van der Waals surface area contributed by atoms with Gasteiger partial charge >= 0.3 is 20.1 Å². The van der Waals surface area contributed by atoms with Crippen molar-refractivity contribution in [3.8, 4) is 0 Å². The first kappa shape index (κ1) is 23.1. The second-order valence-corrected chi connectivity index (χ2v) is 5.81. The van der Waals surface area contributed by atoms with E-state index in [0.29, 0.717) is 11.2 Å². The van der Waals surface area contributed by atoms with E-state index in [4.69, 9.17) is 7.16 Å². The molecule has 0 aliphatic carbocycles. The molecule has 0 saturated carbocycles. The molecule has 4 aromatic rings. The maximum Gasteiger partial charge on any atom is 3.00 e. The van der Waals surface area contributed by atoms with Crippen LogP contribution < -0.4 is 0 Å². The fraction of sp³-hybridized carbons (Fsp3) is 0. The van der Waals surface area contributed by atoms with Crippen LogP contribution in [0.15, 0.2) is 128 Å². The molecule has 3 nitrogen and oxygen atoms in total. The Labute approximate surface area is 205 Å². The summed E-state index contributed by atoms with van der Waals surface area (Å²) >= 11 is 0. The Hall–Kier alpha value is -3.59. The number of furan rings is 1. The average molecular weight is 598 g/mol. The summed E-state index contributed by atoms with van der Waals surface area (Å²) in [5.41, 5.74) is 1.09. The van der Waals surface area contributed by atoms with Gasteiger partial charge in [0, 0.05) is 24.7 Å². The Morgan fingerprint density at radius 3 is 2.34 bits per heavy atom. The zero-order chi connectivity index (χ0) is 24.1. The summed E-state index contributed by atoms with van der Waals surface area (Å²) in [5, 5.41) is 12.0. The van der Waals surface area contributed by atoms with Crippen LogP contribution in [-0.2, 0) is 20.1 Å². The number of pyridine rings is 1. The van der Waals surface area contributed by atoms with Crippen LogP contribution in [0, 0.1) is 12.1 Å². The predicted molar refractivity (Wildman–Crippen MR) is 132 cm³/mol. The number of aromatic nitrogens is 1. The molecule has 0 bridgehead atoms. The van der Waals surface area contributed by atoms with Crippen LogP contribution in [0.25, 0.3) is 27.3 Å². The summed E-state index contributed by atoms with van der Waals surface area (Å²) in [6.07, 6.45) is 12.4. The molecule has 160 valence electrons. The molecule has 0 atom stereocenters. The molecule has 2 aromatic heterocycles. The molecule has 0 aliphatic rings. The Bertz CT molecular complexity index is 1270. The van der Waals surface area contributed by atoms with Gasteiger partial charge in [0.1, 0.15) is 5.58 Å². The van der Waals surface area contributed by atoms with Crippen LogP contribution in [0.3, 0.4) is 0 Å². The normalized spacial score (nSPS) is 11.4. The zero-order valence-electron chi connectivity index (χ0n) is 19.4. The van der Waals surface area contributed by atoms with E-state index in [1.54, 1.807) is 36.7 Å². The smallest absolute Gasteiger partial charge is 0.855 e. The fourth-order valence-corrected chi connectivity index (χ4v) is 2.50. The van der Waals surface area contributed by atoms with Crippen LogP contribution >= 0.6 is 0 Å². The van der Waals surface area contributed by atoms with E-state index < -0.39 is 0 Å². The fourth-order valence-electron chi connectivity index (χ4n) is 2.50. The largest absolute Gasteiger partial charge is 3.00 e. The summed E-state index contributed by atoms with van der Waals surface area (Å²) in [5.74, 6) is 0. The van der Waals surface area contributed by atoms with Crippen molar-refractivity contribution in [2.24, 2.45) is 0 Å². The quantitative estimate of drug-likeness (QED) is 0.138. The first-order chi connectivity index (χ1) is 16.0. The van der Waals surface area contributed by atoms with Crippen molar-refractivity contribution < 1.29 is 27.3 Å². The topological polar surface area (TPSA) is 48.3 Å². The van der Waals surface area contributed by atoms with Crippen molar-refractivity contribution >= 4 is 27.7 Å². The second kappa shape index (κ2) is 15.2. The van der Waals surface area contributed by atoms with E-state index >= 15 is 0 Å². The molecule has 2 heterocycles. The van der Waals surface area contributed by atoms with Crippen molar-refractivity contribution in [1.29, 1.82) is 0 Å². The van der Waals surface area contributed by atoms with E-state index in [-0.39, 0.29) is 43.5 Å². The van der Waals surface area contributed by atoms with E-state index in [1.165, 1.54) is 6.08 Å². The van der Waals surface area contributed by atoms with E-state index in [1.807, 2.05) is 48.5 Å². The third-order valence-electron chi connectivity index (χ3n) is 3.77. The second-order valence-electron chi connectivity index (χ2n) is 5.81. The Morgan fingerprint density at radius 1 is 1.03 bits per heavy atom. The van der Waals surface area contributed by atoms with Crippen molar-refractivity contribution in [3.63, 3.8) is 0 Å². The minimum absolute atomic E-state index is 0. The third kappa shape index (κ3) is 7.92. The number of hydrogen-bond donors (Lipinski definition) is 0. The molecular weight excluding hydrogens is 573 g/mol. The molecule has 2 aromatic carbocycles. The van der Waals surface area contributed by atoms with Crippen molar-refractivity contribution in [2.75, 3.05) is 0 Å². The maximum absolute atomic E-state index is 10.2. The van der Waals surface area contributed by atoms with Gasteiger partial charge in [-0.05, 0) is 18.2 Å². The Kier molecular flexibility index (Phi) is 11.0. The molecule has 0 amide bonds. The molecule has 0 saturated heterocycles. The Morgan fingerprint density at radius 2 is 1.78 bits per heavy atom. The molecule has 4 heteroatoms. The molecule has 0 N–H and O–H groups in total. The van der Waals surface area contributed by atoms with Crippen LogP contribution in [0.4, 0.5) is 0 Å². The molecule has 0 aliphatic heterocycles. The maximum atomic E-state index is 10.2. The summed E-state index contributed by atoms with van der Waals surface area (Å²) < 4.78 is 21.1. The zero-order valence-corrected chi connectivity index (χ0v) is 19.8. The predicted octanol–water partition coefficient (Wildman–Crippen LogP) is 7.28. The minimum atomic E-state index is -0.343. The number of rotatable bonds is 5. The first-order valence-corrected chi connectivity index (χ1v) is 9.39. The van der Waals surface area contributed by atoms with Crippen LogP contribution in [-0.4, -0.2) is 10.7 Å². The van der Waals surface area contributed by atoms with Gasteiger partial charge in [0.25, 0.3) is 0 Å². The molecule has 0 radical (unpaired) electrons. The van der Waals surface area contributed by atoms with Crippen LogP contribution in [0.2, 0.25) is 0 Å². The average Bonchev–Trinajstić information content (AvgIpc) is 3.27. The number of fused-ring (bicyclic) bond motifs is 3. The molecule has 0 unspecified atom stereocenters. The van der Waals surface area contributed by atoms with Crippen molar-refractivity contribution in [2.45, 2.75) is 0 Å². The monoisotopic (exact) mass is 598 g/mol. The number of benzene rings is 2. The van der Waals surface area contributed by atoms with E-state index in [0.717, 1.165) is 10.8 Å². The summed E-state index contributed by atoms with van der Waals surface area (Å²) in [6, 6.07) is 19.2. The standard InChI is InChI=1S/C17H11NO.C6H7.C5H5N.Ir/c1-2-3-10-15(18)14-9-6-8-13-12-7-4-5-11-16(12)19-17(13)14;1-3-5-6-4-2;1-2-4-6-5-3-1;/h2-8,10-11H,1H2;3-5H,1-2H2;1-5H;/q-2;-1;;+3/b10-3-;;;/i3D,10D;;;. The number of para-hydroxylation sites is 1. The SMILES string of the molecule is C=C[C-]=CC=C.[2H]/C(C=C)=C(\[2H])C(=[N-])c1[c-]ccc2c1oc1ccccc12.[Ir+3].c1ccncc1. The molecular formula is C28H23IrN2O. The first-order valence-electron chi connectivity index (χ1n) is 10.4. The van der Waals surface area contributed by atoms with Gasteiger partial charge in [-0.3, -0.25) is 4.98 Å². The molecule has 32 heavy (non-hydrogen) atoms. The summed E-state index contributed by atoms with van der Waals surface area (Å²) in [7, 11) is 0. The molecule has 0 fully saturated rings. The summed E-state index contributed by atoms with van der Waals surface area (Å²) in [4.78, 5) is 3.78. The Balaban J connectivity index is 0.000000368. The van der Waals surface area contributed by atoms with Crippen molar-refractivity contribution in [3.05, 3.63) is 146 Å². The van der Waals surface area contributed by atoms with Gasteiger partial charge in [0.2, 0.25) is 0 Å². The van der Waals surface area contributed by atoms with Gasteiger partial charge in [-0.15, -0.1) is 29.8 Å². The van der Waals surface area contributed by atoms with E-state index in [9.17, 15) is 5.41 Å². The number of allylic oxidation sites excluding steroid dienone is 7. The molecule has 4 rings (SSSR count). The van der Waals surface area contributed by atoms with Gasteiger partial charge in [-0.1, -0.05) is 48.4 Å². The van der Waals surface area contributed by atoms with Gasteiger partial charge < -0.3 is 9.83 Å². The van der Waals surface area contributed by atoms with Crippen LogP contribution in [0.1, 0.15) is 8.30 Å². The van der Waals surface area contributed by atoms with Crippen LogP contribution in [0.5, 0.6) is 0 Å². The van der Waals surface area contributed by atoms with Gasteiger partial charge in [-0.2, -0.15) is 37.5 Å². The van der Waals surface area contributed by atoms with Gasteiger partial charge in [-0.25, -0.2) is 5.71 Å². The molecule has 0 spiro atoms. The minimum Gasteiger partial charge on any atom is -0.855 e. The van der Waals surface area contributed by atoms with E-state index in [2.05, 4.69) is 36.9 Å². The van der Waals surface area contributed by atoms with Crippen molar-refractivity contribution in [1.82, 2.24) is 4.98 Å².